The molecular formula is C14H17N5O. The van der Waals surface area contributed by atoms with E-state index in [1.165, 1.54) is 0 Å². The van der Waals surface area contributed by atoms with Crippen molar-refractivity contribution in [2.24, 2.45) is 0 Å². The molecule has 0 saturated heterocycles. The summed E-state index contributed by atoms with van der Waals surface area (Å²) < 4.78 is 1.80. The molecule has 6 nitrogen and oxygen atoms in total. The summed E-state index contributed by atoms with van der Waals surface area (Å²) in [4.78, 5) is 15.3. The van der Waals surface area contributed by atoms with Crippen molar-refractivity contribution in [3.05, 3.63) is 49.4 Å². The van der Waals surface area contributed by atoms with Gasteiger partial charge >= 0.3 is 6.03 Å². The molecule has 0 saturated carbocycles. The number of carbonyl (C=O) groups is 1. The van der Waals surface area contributed by atoms with Crippen molar-refractivity contribution in [1.82, 2.24) is 25.4 Å². The van der Waals surface area contributed by atoms with Gasteiger partial charge in [0.1, 0.15) is 0 Å². The van der Waals surface area contributed by atoms with Crippen LogP contribution in [0.3, 0.4) is 0 Å². The van der Waals surface area contributed by atoms with Crippen LogP contribution in [0.4, 0.5) is 4.79 Å². The second-order valence-electron chi connectivity index (χ2n) is 4.13. The molecule has 0 atom stereocenters. The van der Waals surface area contributed by atoms with Gasteiger partial charge in [-0.15, -0.1) is 6.58 Å². The summed E-state index contributed by atoms with van der Waals surface area (Å²) in [7, 11) is 0. The Morgan fingerprint density at radius 1 is 1.30 bits per heavy atom. The summed E-state index contributed by atoms with van der Waals surface area (Å²) in [5.41, 5.74) is 1.92. The maximum atomic E-state index is 11.3. The van der Waals surface area contributed by atoms with Gasteiger partial charge in [-0.2, -0.15) is 5.10 Å². The molecule has 2 aromatic rings. The average molecular weight is 271 g/mol. The first kappa shape index (κ1) is 13.8. The van der Waals surface area contributed by atoms with Crippen LogP contribution in [0.2, 0.25) is 0 Å². The van der Waals surface area contributed by atoms with Gasteiger partial charge in [-0.3, -0.25) is 9.67 Å². The lowest BCUT2D eigenvalue weighted by Crippen LogP contribution is -2.37. The number of nitrogens with zero attached hydrogens (tertiary/aromatic N) is 3. The van der Waals surface area contributed by atoms with Gasteiger partial charge in [0.05, 0.1) is 12.2 Å². The lowest BCUT2D eigenvalue weighted by atomic mass is 10.2. The molecule has 104 valence electrons. The summed E-state index contributed by atoms with van der Waals surface area (Å²) in [5.74, 6) is 0. The van der Waals surface area contributed by atoms with Crippen LogP contribution >= 0.6 is 0 Å². The Labute approximate surface area is 117 Å². The van der Waals surface area contributed by atoms with E-state index in [0.717, 1.165) is 11.3 Å². The van der Waals surface area contributed by atoms with E-state index in [2.05, 4.69) is 27.3 Å². The molecule has 0 aliphatic heterocycles. The van der Waals surface area contributed by atoms with E-state index in [-0.39, 0.29) is 6.03 Å². The van der Waals surface area contributed by atoms with E-state index in [4.69, 9.17) is 0 Å². The van der Waals surface area contributed by atoms with Gasteiger partial charge in [0, 0.05) is 37.2 Å². The van der Waals surface area contributed by atoms with Crippen LogP contribution in [-0.2, 0) is 6.54 Å². The summed E-state index contributed by atoms with van der Waals surface area (Å²) in [5, 5.41) is 9.83. The van der Waals surface area contributed by atoms with Crippen LogP contribution in [-0.4, -0.2) is 33.9 Å². The van der Waals surface area contributed by atoms with Gasteiger partial charge in [-0.05, 0) is 18.2 Å². The molecule has 0 radical (unpaired) electrons. The highest BCUT2D eigenvalue weighted by molar-refractivity contribution is 5.73. The summed E-state index contributed by atoms with van der Waals surface area (Å²) in [6, 6.07) is 5.56. The molecule has 0 spiro atoms. The molecule has 2 amide bonds. The van der Waals surface area contributed by atoms with Crippen LogP contribution in [0.5, 0.6) is 0 Å². The predicted molar refractivity (Wildman–Crippen MR) is 77.1 cm³/mol. The van der Waals surface area contributed by atoms with Gasteiger partial charge in [-0.1, -0.05) is 6.08 Å². The third-order valence-electron chi connectivity index (χ3n) is 2.65. The van der Waals surface area contributed by atoms with Crippen LogP contribution in [0.1, 0.15) is 0 Å². The van der Waals surface area contributed by atoms with Crippen molar-refractivity contribution in [3.8, 4) is 11.3 Å². The third-order valence-corrected chi connectivity index (χ3v) is 2.65. The highest BCUT2D eigenvalue weighted by Gasteiger charge is 2.02. The van der Waals surface area contributed by atoms with Crippen LogP contribution in [0.25, 0.3) is 11.3 Å². The second kappa shape index (κ2) is 7.08. The molecule has 2 aromatic heterocycles. The van der Waals surface area contributed by atoms with Crippen LogP contribution in [0.15, 0.2) is 49.4 Å². The Balaban J connectivity index is 1.82. The van der Waals surface area contributed by atoms with Crippen molar-refractivity contribution in [3.63, 3.8) is 0 Å². The maximum absolute atomic E-state index is 11.3. The van der Waals surface area contributed by atoms with Crippen molar-refractivity contribution < 1.29 is 4.79 Å². The van der Waals surface area contributed by atoms with Gasteiger partial charge in [-0.25, -0.2) is 4.79 Å². The molecule has 0 aliphatic carbocycles. The summed E-state index contributed by atoms with van der Waals surface area (Å²) >= 11 is 0. The standard InChI is InChI=1S/C14H17N5O/c1-2-6-16-14(20)17-9-11-19-10-5-13(18-19)12-3-7-15-8-4-12/h2-5,7-8,10H,1,6,9,11H2,(H2,16,17,20). The Bertz CT molecular complexity index is 564. The van der Waals surface area contributed by atoms with Crippen LogP contribution < -0.4 is 10.6 Å². The number of hydrogen-bond donors (Lipinski definition) is 2. The number of hydrogen-bond acceptors (Lipinski definition) is 3. The largest absolute Gasteiger partial charge is 0.336 e. The topological polar surface area (TPSA) is 71.8 Å². The fourth-order valence-electron chi connectivity index (χ4n) is 1.67. The Hall–Kier alpha value is -2.63. The maximum Gasteiger partial charge on any atom is 0.315 e. The molecule has 6 heteroatoms. The fourth-order valence-corrected chi connectivity index (χ4v) is 1.67. The van der Waals surface area contributed by atoms with E-state index in [9.17, 15) is 4.79 Å². The number of amides is 2. The molecular weight excluding hydrogens is 254 g/mol. The Kier molecular flexibility index (Phi) is 4.88. The number of nitrogens with one attached hydrogen (secondary N) is 2. The Morgan fingerprint density at radius 3 is 2.85 bits per heavy atom. The SMILES string of the molecule is C=CCNC(=O)NCCn1ccc(-c2ccncc2)n1. The lowest BCUT2D eigenvalue weighted by Gasteiger charge is -2.05. The molecule has 0 unspecified atom stereocenters. The van der Waals surface area contributed by atoms with Crippen molar-refractivity contribution >= 4 is 6.03 Å². The van der Waals surface area contributed by atoms with Crippen molar-refractivity contribution in [1.29, 1.82) is 0 Å². The average Bonchev–Trinajstić information content (AvgIpc) is 2.95. The smallest absolute Gasteiger partial charge is 0.315 e. The van der Waals surface area contributed by atoms with Gasteiger partial charge < -0.3 is 10.6 Å². The first-order valence-corrected chi connectivity index (χ1v) is 6.36. The fraction of sp³-hybridized carbons (Fsp3) is 0.214. The number of pyridine rings is 1. The first-order valence-electron chi connectivity index (χ1n) is 6.36. The normalized spacial score (nSPS) is 10.0. The zero-order chi connectivity index (χ0) is 14.2. The van der Waals surface area contributed by atoms with E-state index in [0.29, 0.717) is 19.6 Å². The highest BCUT2D eigenvalue weighted by Crippen LogP contribution is 2.14. The number of carbonyl (C=O) groups excluding carboxylic acids is 1. The minimum Gasteiger partial charge on any atom is -0.336 e. The third kappa shape index (κ3) is 3.94. The Morgan fingerprint density at radius 2 is 2.10 bits per heavy atom. The molecule has 0 aliphatic rings. The molecule has 0 aromatic carbocycles. The van der Waals surface area contributed by atoms with Gasteiger partial charge in [0.25, 0.3) is 0 Å². The van der Waals surface area contributed by atoms with E-state index < -0.39 is 0 Å². The summed E-state index contributed by atoms with van der Waals surface area (Å²) in [6.07, 6.45) is 6.99. The van der Waals surface area contributed by atoms with Crippen molar-refractivity contribution in [2.45, 2.75) is 6.54 Å². The van der Waals surface area contributed by atoms with Gasteiger partial charge in [0.2, 0.25) is 0 Å². The first-order chi connectivity index (χ1) is 9.79. The summed E-state index contributed by atoms with van der Waals surface area (Å²) in [6.45, 7) is 5.12. The number of urea groups is 1. The molecule has 2 heterocycles. The minimum atomic E-state index is -0.202. The van der Waals surface area contributed by atoms with Crippen LogP contribution in [0, 0.1) is 0 Å². The number of rotatable bonds is 6. The zero-order valence-electron chi connectivity index (χ0n) is 11.1. The van der Waals surface area contributed by atoms with E-state index >= 15 is 0 Å². The minimum absolute atomic E-state index is 0.202. The molecule has 2 N–H and O–H groups in total. The number of aromatic nitrogens is 3. The molecule has 0 fully saturated rings. The monoisotopic (exact) mass is 271 g/mol. The van der Waals surface area contributed by atoms with Crippen molar-refractivity contribution in [2.75, 3.05) is 13.1 Å². The second-order valence-corrected chi connectivity index (χ2v) is 4.13. The van der Waals surface area contributed by atoms with E-state index in [1.54, 1.807) is 23.2 Å². The van der Waals surface area contributed by atoms with E-state index in [1.807, 2.05) is 24.4 Å². The van der Waals surface area contributed by atoms with Gasteiger partial charge in [0.15, 0.2) is 0 Å². The lowest BCUT2D eigenvalue weighted by molar-refractivity contribution is 0.241. The zero-order valence-corrected chi connectivity index (χ0v) is 11.1. The molecule has 0 bridgehead atoms. The molecule has 20 heavy (non-hydrogen) atoms. The highest BCUT2D eigenvalue weighted by atomic mass is 16.2. The quantitative estimate of drug-likeness (QED) is 0.781. The predicted octanol–water partition coefficient (Wildman–Crippen LogP) is 1.43. The molecule has 2 rings (SSSR count).